The number of aliphatic carboxylic acids is 1. The second kappa shape index (κ2) is 11.4. The van der Waals surface area contributed by atoms with Gasteiger partial charge in [-0.3, -0.25) is 4.68 Å². The molecular formula is C25H19F5N8O2. The Morgan fingerprint density at radius 1 is 1.23 bits per heavy atom. The van der Waals surface area contributed by atoms with Crippen LogP contribution in [0.5, 0.6) is 0 Å². The van der Waals surface area contributed by atoms with E-state index in [0.29, 0.717) is 18.8 Å². The van der Waals surface area contributed by atoms with Gasteiger partial charge in [0.05, 0.1) is 36.1 Å². The number of H-pyrrole nitrogens is 1. The van der Waals surface area contributed by atoms with Crippen LogP contribution in [-0.4, -0.2) is 55.1 Å². The number of carboxylic acids is 1. The third-order valence-corrected chi connectivity index (χ3v) is 6.41. The number of rotatable bonds is 5. The van der Waals surface area contributed by atoms with Crippen molar-refractivity contribution < 1.29 is 31.9 Å². The first kappa shape index (κ1) is 28.0. The maximum absolute atomic E-state index is 14.1. The molecule has 40 heavy (non-hydrogen) atoms. The lowest BCUT2D eigenvalue weighted by atomic mass is 9.96. The van der Waals surface area contributed by atoms with Gasteiger partial charge in [-0.15, -0.1) is 0 Å². The highest BCUT2D eigenvalue weighted by Crippen LogP contribution is 2.36. The largest absolute Gasteiger partial charge is 0.490 e. The topological polar surface area (TPSA) is 148 Å². The Bertz CT molecular complexity index is 1620. The first-order valence-corrected chi connectivity index (χ1v) is 11.7. The van der Waals surface area contributed by atoms with Crippen LogP contribution in [0.1, 0.15) is 24.4 Å². The molecule has 10 nitrogen and oxygen atoms in total. The van der Waals surface area contributed by atoms with E-state index in [-0.39, 0.29) is 23.9 Å². The smallest absolute Gasteiger partial charge is 0.475 e. The van der Waals surface area contributed by atoms with Crippen LogP contribution in [0, 0.1) is 40.2 Å². The summed E-state index contributed by atoms with van der Waals surface area (Å²) in [6.45, 7) is 1.06. The Morgan fingerprint density at radius 3 is 2.65 bits per heavy atom. The SMILES string of the molecule is N#CC[C@@H]([C@H]1CCN(c2ccc(F)c(F)c2C#N)C1)n1cc(-c2ncnc3[nH]ccc23)cn1.O=C(O)C(F)(F)F. The minimum atomic E-state index is -5.08. The minimum Gasteiger partial charge on any atom is -0.475 e. The highest BCUT2D eigenvalue weighted by atomic mass is 19.4. The molecule has 1 aliphatic rings. The van der Waals surface area contributed by atoms with Crippen molar-refractivity contribution in [1.29, 1.82) is 10.5 Å². The fraction of sp³-hybridized carbons (Fsp3) is 0.280. The number of carboxylic acid groups (broad SMARTS) is 1. The van der Waals surface area contributed by atoms with Crippen molar-refractivity contribution >= 4 is 22.7 Å². The van der Waals surface area contributed by atoms with Crippen LogP contribution in [0.25, 0.3) is 22.3 Å². The van der Waals surface area contributed by atoms with Gasteiger partial charge in [0, 0.05) is 42.4 Å². The van der Waals surface area contributed by atoms with Gasteiger partial charge in [0.25, 0.3) is 0 Å². The van der Waals surface area contributed by atoms with Crippen LogP contribution in [0.2, 0.25) is 0 Å². The van der Waals surface area contributed by atoms with Gasteiger partial charge in [-0.05, 0) is 24.6 Å². The number of alkyl halides is 3. The van der Waals surface area contributed by atoms with Gasteiger partial charge in [0.15, 0.2) is 11.6 Å². The van der Waals surface area contributed by atoms with Crippen LogP contribution >= 0.6 is 0 Å². The van der Waals surface area contributed by atoms with Gasteiger partial charge >= 0.3 is 12.1 Å². The number of hydrogen-bond donors (Lipinski definition) is 2. The lowest BCUT2D eigenvalue weighted by Gasteiger charge is -2.24. The molecule has 1 fully saturated rings. The lowest BCUT2D eigenvalue weighted by molar-refractivity contribution is -0.192. The number of hydrogen-bond acceptors (Lipinski definition) is 7. The predicted molar refractivity (Wildman–Crippen MR) is 129 cm³/mol. The fourth-order valence-electron chi connectivity index (χ4n) is 4.54. The molecule has 15 heteroatoms. The van der Waals surface area contributed by atoms with Crippen LogP contribution < -0.4 is 4.90 Å². The van der Waals surface area contributed by atoms with E-state index in [0.717, 1.165) is 34.8 Å². The van der Waals surface area contributed by atoms with E-state index < -0.39 is 23.8 Å². The maximum Gasteiger partial charge on any atom is 0.490 e. The molecule has 5 rings (SSSR count). The molecule has 1 aliphatic heterocycles. The Hall–Kier alpha value is -5.05. The van der Waals surface area contributed by atoms with Crippen LogP contribution in [-0.2, 0) is 4.79 Å². The number of anilines is 1. The molecule has 0 aliphatic carbocycles. The number of nitrogens with zero attached hydrogens (tertiary/aromatic N) is 7. The van der Waals surface area contributed by atoms with E-state index in [1.807, 2.05) is 17.2 Å². The van der Waals surface area contributed by atoms with Crippen molar-refractivity contribution in [2.24, 2.45) is 5.92 Å². The van der Waals surface area contributed by atoms with Crippen LogP contribution in [0.4, 0.5) is 27.6 Å². The summed E-state index contributed by atoms with van der Waals surface area (Å²) in [6, 6.07) is 8.17. The van der Waals surface area contributed by atoms with Gasteiger partial charge in [-0.2, -0.15) is 28.8 Å². The normalized spacial score (nSPS) is 15.7. The first-order valence-electron chi connectivity index (χ1n) is 11.7. The highest BCUT2D eigenvalue weighted by Gasteiger charge is 2.38. The van der Waals surface area contributed by atoms with E-state index in [1.165, 1.54) is 12.4 Å². The highest BCUT2D eigenvalue weighted by molar-refractivity contribution is 5.90. The van der Waals surface area contributed by atoms with Crippen LogP contribution in [0.3, 0.4) is 0 Å². The molecule has 1 saturated heterocycles. The van der Waals surface area contributed by atoms with Crippen molar-refractivity contribution in [2.75, 3.05) is 18.0 Å². The van der Waals surface area contributed by atoms with Gasteiger partial charge in [0.1, 0.15) is 23.6 Å². The minimum absolute atomic E-state index is 0.0368. The van der Waals surface area contributed by atoms with E-state index >= 15 is 0 Å². The zero-order valence-corrected chi connectivity index (χ0v) is 20.4. The summed E-state index contributed by atoms with van der Waals surface area (Å²) in [6.07, 6.45) is 2.76. The molecule has 0 saturated carbocycles. The number of aromatic amines is 1. The predicted octanol–water partition coefficient (Wildman–Crippen LogP) is 4.59. The molecule has 0 bridgehead atoms. The quantitative estimate of drug-likeness (QED) is 0.338. The Labute approximate surface area is 222 Å². The average molecular weight is 558 g/mol. The first-order chi connectivity index (χ1) is 19.0. The lowest BCUT2D eigenvalue weighted by Crippen LogP contribution is -2.25. The summed E-state index contributed by atoms with van der Waals surface area (Å²) >= 11 is 0. The van der Waals surface area contributed by atoms with Crippen molar-refractivity contribution in [1.82, 2.24) is 24.7 Å². The molecule has 0 spiro atoms. The Balaban J connectivity index is 0.000000470. The molecule has 1 aromatic carbocycles. The van der Waals surface area contributed by atoms with E-state index in [1.54, 1.807) is 23.1 Å². The van der Waals surface area contributed by atoms with Crippen LogP contribution in [0.15, 0.2) is 43.1 Å². The van der Waals surface area contributed by atoms with E-state index in [9.17, 15) is 32.5 Å². The summed E-state index contributed by atoms with van der Waals surface area (Å²) in [5.74, 6) is -4.90. The molecule has 0 amide bonds. The molecule has 0 radical (unpaired) electrons. The molecular weight excluding hydrogens is 539 g/mol. The molecule has 4 aromatic rings. The van der Waals surface area contributed by atoms with Crippen molar-refractivity contribution in [3.05, 3.63) is 60.3 Å². The number of benzene rings is 1. The third kappa shape index (κ3) is 5.68. The summed E-state index contributed by atoms with van der Waals surface area (Å²) in [7, 11) is 0. The second-order valence-electron chi connectivity index (χ2n) is 8.77. The second-order valence-corrected chi connectivity index (χ2v) is 8.77. The summed E-state index contributed by atoms with van der Waals surface area (Å²) in [5, 5.41) is 31.3. The molecule has 2 atom stereocenters. The Morgan fingerprint density at radius 2 is 1.98 bits per heavy atom. The number of fused-ring (bicyclic) bond motifs is 1. The molecule has 3 aromatic heterocycles. The molecule has 0 unspecified atom stereocenters. The average Bonchev–Trinajstić information content (AvgIpc) is 3.69. The fourth-order valence-corrected chi connectivity index (χ4v) is 4.54. The number of halogens is 5. The van der Waals surface area contributed by atoms with Crippen molar-refractivity contribution in [2.45, 2.75) is 25.1 Å². The van der Waals surface area contributed by atoms with Gasteiger partial charge in [-0.1, -0.05) is 0 Å². The molecule has 206 valence electrons. The maximum atomic E-state index is 14.1. The number of nitrogens with one attached hydrogen (secondary N) is 1. The van der Waals surface area contributed by atoms with Gasteiger partial charge in [0.2, 0.25) is 0 Å². The van der Waals surface area contributed by atoms with Gasteiger partial charge in [-0.25, -0.2) is 23.5 Å². The van der Waals surface area contributed by atoms with E-state index in [4.69, 9.17) is 9.90 Å². The molecule has 2 N–H and O–H groups in total. The monoisotopic (exact) mass is 558 g/mol. The Kier molecular flexibility index (Phi) is 7.95. The van der Waals surface area contributed by atoms with Gasteiger partial charge < -0.3 is 15.0 Å². The number of carbonyl (C=O) groups is 1. The van der Waals surface area contributed by atoms with Crippen molar-refractivity contribution in [3.8, 4) is 23.4 Å². The summed E-state index contributed by atoms with van der Waals surface area (Å²) in [5.41, 5.74) is 2.36. The standard InChI is InChI=1S/C23H18F2N8.C2HF3O2/c24-18-1-2-20(17(9-27)21(18)25)32-8-5-14(11-32)19(3-6-26)33-12-15(10-31-33)22-16-4-7-28-23(16)30-13-29-22;3-2(4,5)1(6)7/h1-2,4,7,10,12-14,19H,3,5,8,11H2,(H,28,29,30);(H,6,7)/t14-,19-;/m0./s1. The number of nitriles is 2. The summed E-state index contributed by atoms with van der Waals surface area (Å²) < 4.78 is 61.2. The summed E-state index contributed by atoms with van der Waals surface area (Å²) in [4.78, 5) is 22.4. The molecule has 4 heterocycles. The zero-order chi connectivity index (χ0) is 29.0. The number of aromatic nitrogens is 5. The third-order valence-electron chi connectivity index (χ3n) is 6.41. The zero-order valence-electron chi connectivity index (χ0n) is 20.4. The van der Waals surface area contributed by atoms with E-state index in [2.05, 4.69) is 26.1 Å². The van der Waals surface area contributed by atoms with Crippen molar-refractivity contribution in [3.63, 3.8) is 0 Å².